The molecule has 0 aliphatic carbocycles. The largest absolute Gasteiger partial charge is 0.467 e. The molecule has 0 radical (unpaired) electrons. The summed E-state index contributed by atoms with van der Waals surface area (Å²) in [7, 11) is 1.29. The molecule has 0 saturated heterocycles. The van der Waals surface area contributed by atoms with Gasteiger partial charge in [0.2, 0.25) is 5.91 Å². The molecule has 0 aliphatic rings. The molecule has 19 heavy (non-hydrogen) atoms. The Balaban J connectivity index is 0.00000324. The minimum atomic E-state index is -0.629. The van der Waals surface area contributed by atoms with E-state index in [0.29, 0.717) is 12.1 Å². The zero-order valence-electron chi connectivity index (χ0n) is 11.0. The Bertz CT molecular complexity index is 438. The number of amides is 1. The maximum atomic E-state index is 11.6. The number of carbonyl (C=O) groups excluding carboxylic acids is 2. The van der Waals surface area contributed by atoms with Gasteiger partial charge in [-0.25, -0.2) is 4.79 Å². The third-order valence-electron chi connectivity index (χ3n) is 2.61. The van der Waals surface area contributed by atoms with Gasteiger partial charge in [-0.1, -0.05) is 18.2 Å². The van der Waals surface area contributed by atoms with Crippen LogP contribution in [0.5, 0.6) is 0 Å². The lowest BCUT2D eigenvalue weighted by Crippen LogP contribution is -2.39. The Hall–Kier alpha value is -1.75. The number of nitrogens with two attached hydrogens (primary N) is 1. The van der Waals surface area contributed by atoms with Crippen molar-refractivity contribution < 1.29 is 14.3 Å². The highest BCUT2D eigenvalue weighted by Gasteiger charge is 2.15. The highest BCUT2D eigenvalue weighted by Crippen LogP contribution is 2.12. The zero-order valence-corrected chi connectivity index (χ0v) is 11.8. The molecule has 106 valence electrons. The molecule has 0 unspecified atom stereocenters. The summed E-state index contributed by atoms with van der Waals surface area (Å²) >= 11 is 0. The first kappa shape index (κ1) is 17.2. The Morgan fingerprint density at radius 1 is 1.37 bits per heavy atom. The van der Waals surface area contributed by atoms with Gasteiger partial charge in [0.25, 0.3) is 0 Å². The summed E-state index contributed by atoms with van der Waals surface area (Å²) < 4.78 is 4.52. The number of anilines is 1. The topological polar surface area (TPSA) is 81.4 Å². The van der Waals surface area contributed by atoms with Crippen LogP contribution >= 0.6 is 12.4 Å². The van der Waals surface area contributed by atoms with Crippen molar-refractivity contribution in [3.8, 4) is 0 Å². The fourth-order valence-electron chi connectivity index (χ4n) is 1.56. The van der Waals surface area contributed by atoms with Gasteiger partial charge in [-0.05, 0) is 25.0 Å². The third-order valence-corrected chi connectivity index (χ3v) is 2.61. The van der Waals surface area contributed by atoms with Gasteiger partial charge >= 0.3 is 5.97 Å². The van der Waals surface area contributed by atoms with E-state index in [1.165, 1.54) is 7.11 Å². The molecule has 0 aromatic heterocycles. The van der Waals surface area contributed by atoms with E-state index >= 15 is 0 Å². The second-order valence-electron chi connectivity index (χ2n) is 4.01. The maximum absolute atomic E-state index is 11.6. The Morgan fingerprint density at radius 2 is 2.00 bits per heavy atom. The second-order valence-corrected chi connectivity index (χ2v) is 4.01. The van der Waals surface area contributed by atoms with E-state index in [1.807, 2.05) is 18.2 Å². The Labute approximate surface area is 118 Å². The van der Waals surface area contributed by atoms with E-state index in [1.54, 1.807) is 13.0 Å². The lowest BCUT2D eigenvalue weighted by Gasteiger charge is -2.11. The number of nitrogens with one attached hydrogen (secondary N) is 1. The number of aryl methyl sites for hydroxylation is 1. The number of ether oxygens (including phenoxy) is 1. The predicted octanol–water partition coefficient (Wildman–Crippen LogP) is 1.30. The lowest BCUT2D eigenvalue weighted by molar-refractivity contribution is -0.144. The van der Waals surface area contributed by atoms with Crippen LogP contribution in [0.4, 0.5) is 5.69 Å². The van der Waals surface area contributed by atoms with E-state index in [0.717, 1.165) is 5.56 Å². The van der Waals surface area contributed by atoms with Crippen molar-refractivity contribution >= 4 is 30.0 Å². The van der Waals surface area contributed by atoms with E-state index < -0.39 is 12.0 Å². The number of methoxy groups -OCH3 is 1. The molecule has 5 nitrogen and oxygen atoms in total. The number of halogens is 1. The van der Waals surface area contributed by atoms with Crippen molar-refractivity contribution in [3.63, 3.8) is 0 Å². The number of hydrogen-bond donors (Lipinski definition) is 2. The molecule has 1 atom stereocenters. The molecular weight excluding hydrogens is 268 g/mol. The van der Waals surface area contributed by atoms with Gasteiger partial charge < -0.3 is 15.8 Å². The van der Waals surface area contributed by atoms with Gasteiger partial charge in [-0.3, -0.25) is 4.79 Å². The van der Waals surface area contributed by atoms with Crippen molar-refractivity contribution in [3.05, 3.63) is 29.8 Å². The van der Waals surface area contributed by atoms with Crippen LogP contribution in [0.1, 0.15) is 18.9 Å². The fraction of sp³-hybridized carbons (Fsp3) is 0.385. The summed E-state index contributed by atoms with van der Waals surface area (Å²) in [5, 5.41) is 2.57. The lowest BCUT2D eigenvalue weighted by atomic mass is 10.1. The first-order valence-electron chi connectivity index (χ1n) is 5.75. The van der Waals surface area contributed by atoms with Crippen molar-refractivity contribution in [2.75, 3.05) is 12.8 Å². The molecule has 0 fully saturated rings. The van der Waals surface area contributed by atoms with Gasteiger partial charge in [0, 0.05) is 12.1 Å². The van der Waals surface area contributed by atoms with Crippen molar-refractivity contribution in [1.29, 1.82) is 0 Å². The predicted molar refractivity (Wildman–Crippen MR) is 76.0 cm³/mol. The van der Waals surface area contributed by atoms with E-state index in [-0.39, 0.29) is 24.7 Å². The van der Waals surface area contributed by atoms with Crippen LogP contribution in [-0.4, -0.2) is 25.0 Å². The van der Waals surface area contributed by atoms with Crippen LogP contribution in [0, 0.1) is 0 Å². The summed E-state index contributed by atoms with van der Waals surface area (Å²) in [4.78, 5) is 22.7. The molecule has 1 aromatic rings. The number of hydrogen-bond acceptors (Lipinski definition) is 4. The molecule has 3 N–H and O–H groups in total. The standard InChI is InChI=1S/C13H18N2O3.ClH/c1-9(13(17)18-2)15-12(16)8-7-10-5-3-4-6-11(10)14;/h3-6,9H,7-8,14H2,1-2H3,(H,15,16);1H/t9-;/m1./s1. The highest BCUT2D eigenvalue weighted by molar-refractivity contribution is 5.85. The van der Waals surface area contributed by atoms with E-state index in [9.17, 15) is 9.59 Å². The summed E-state index contributed by atoms with van der Waals surface area (Å²) in [5.41, 5.74) is 7.37. The molecule has 6 heteroatoms. The first-order chi connectivity index (χ1) is 8.54. The SMILES string of the molecule is COC(=O)[C@@H](C)NC(=O)CCc1ccccc1N.Cl. The smallest absolute Gasteiger partial charge is 0.328 e. The van der Waals surface area contributed by atoms with Crippen LogP contribution in [0.3, 0.4) is 0 Å². The molecule has 1 amide bonds. The van der Waals surface area contributed by atoms with E-state index in [4.69, 9.17) is 5.73 Å². The number of para-hydroxylation sites is 1. The van der Waals surface area contributed by atoms with Gasteiger partial charge in [-0.15, -0.1) is 12.4 Å². The van der Waals surface area contributed by atoms with Crippen LogP contribution in [0.25, 0.3) is 0 Å². The minimum absolute atomic E-state index is 0. The first-order valence-corrected chi connectivity index (χ1v) is 5.75. The maximum Gasteiger partial charge on any atom is 0.328 e. The monoisotopic (exact) mass is 286 g/mol. The zero-order chi connectivity index (χ0) is 13.5. The van der Waals surface area contributed by atoms with E-state index in [2.05, 4.69) is 10.1 Å². The average Bonchev–Trinajstić information content (AvgIpc) is 2.36. The van der Waals surface area contributed by atoms with Gasteiger partial charge in [0.1, 0.15) is 6.04 Å². The number of esters is 1. The molecular formula is C13H19ClN2O3. The second kappa shape index (κ2) is 8.37. The van der Waals surface area contributed by atoms with Crippen molar-refractivity contribution in [2.45, 2.75) is 25.8 Å². The summed E-state index contributed by atoms with van der Waals surface area (Å²) in [6.07, 6.45) is 0.835. The molecule has 0 aliphatic heterocycles. The molecule has 1 rings (SSSR count). The van der Waals surface area contributed by atoms with Gasteiger partial charge in [0.15, 0.2) is 0 Å². The van der Waals surface area contributed by atoms with Crippen LogP contribution in [0.15, 0.2) is 24.3 Å². The van der Waals surface area contributed by atoms with Crippen molar-refractivity contribution in [2.24, 2.45) is 0 Å². The number of nitrogen functional groups attached to an aromatic ring is 1. The summed E-state index contributed by atoms with van der Waals surface area (Å²) in [6, 6.07) is 6.77. The quantitative estimate of drug-likeness (QED) is 0.631. The van der Waals surface area contributed by atoms with Gasteiger partial charge in [-0.2, -0.15) is 0 Å². The Kier molecular flexibility index (Phi) is 7.60. The molecule has 1 aromatic carbocycles. The molecule has 0 saturated carbocycles. The minimum Gasteiger partial charge on any atom is -0.467 e. The highest BCUT2D eigenvalue weighted by atomic mass is 35.5. The summed E-state index contributed by atoms with van der Waals surface area (Å²) in [5.74, 6) is -0.654. The van der Waals surface area contributed by atoms with Crippen LogP contribution < -0.4 is 11.1 Å². The number of benzene rings is 1. The summed E-state index contributed by atoms with van der Waals surface area (Å²) in [6.45, 7) is 1.58. The van der Waals surface area contributed by atoms with Crippen LogP contribution in [-0.2, 0) is 20.7 Å². The Morgan fingerprint density at radius 3 is 2.58 bits per heavy atom. The number of rotatable bonds is 5. The molecule has 0 spiro atoms. The van der Waals surface area contributed by atoms with Gasteiger partial charge in [0.05, 0.1) is 7.11 Å². The normalized spacial score (nSPS) is 11.1. The molecule has 0 bridgehead atoms. The van der Waals surface area contributed by atoms with Crippen LogP contribution in [0.2, 0.25) is 0 Å². The number of carbonyl (C=O) groups is 2. The average molecular weight is 287 g/mol. The molecule has 0 heterocycles. The van der Waals surface area contributed by atoms with Crippen molar-refractivity contribution in [1.82, 2.24) is 5.32 Å². The third kappa shape index (κ3) is 5.61. The fourth-order valence-corrected chi connectivity index (χ4v) is 1.56.